The summed E-state index contributed by atoms with van der Waals surface area (Å²) in [4.78, 5) is 60.0. The third-order valence-corrected chi connectivity index (χ3v) is 20.2. The Bertz CT molecular complexity index is 3210. The molecule has 412 valence electrons. The minimum absolute atomic E-state index is 0.0750. The Morgan fingerprint density at radius 3 is 2.40 bits per heavy atom. The molecule has 7 heterocycles. The van der Waals surface area contributed by atoms with Crippen LogP contribution in [0.4, 0.5) is 0 Å². The van der Waals surface area contributed by atoms with E-state index in [4.69, 9.17) is 14.8 Å². The zero-order valence-corrected chi connectivity index (χ0v) is 48.1. The minimum atomic E-state index is -0.838. The van der Waals surface area contributed by atoms with Gasteiger partial charge in [-0.1, -0.05) is 87.7 Å². The number of halogens is 1. The number of β-amino-alcohol motifs (C(OH)–C–C–N with tert-alkyl or cyclic N) is 1. The van der Waals surface area contributed by atoms with Crippen molar-refractivity contribution >= 4 is 50.0 Å². The number of aromatic nitrogens is 6. The number of nitrogens with zero attached hydrogens (tertiary/aromatic N) is 9. The maximum absolute atomic E-state index is 14.9. The van der Waals surface area contributed by atoms with E-state index in [9.17, 15) is 19.5 Å². The normalized spacial score (nSPS) is 23.8. The Morgan fingerprint density at radius 1 is 0.923 bits per heavy atom. The third kappa shape index (κ3) is 10.3. The lowest BCUT2D eigenvalue weighted by molar-refractivity contribution is -0.144. The first-order valence-electron chi connectivity index (χ1n) is 28.8. The number of thiazole rings is 1. The number of piperidine rings is 1. The third-order valence-electron chi connectivity index (χ3n) is 18.5. The van der Waals surface area contributed by atoms with Crippen molar-refractivity contribution in [3.63, 3.8) is 0 Å². The van der Waals surface area contributed by atoms with Crippen LogP contribution in [0.25, 0.3) is 27.0 Å². The van der Waals surface area contributed by atoms with Crippen molar-refractivity contribution in [3.05, 3.63) is 121 Å². The zero-order valence-electron chi connectivity index (χ0n) is 45.7. The number of fused-ring (bicyclic) bond motifs is 7. The van der Waals surface area contributed by atoms with E-state index < -0.39 is 23.6 Å². The number of amides is 2. The molecule has 0 bridgehead atoms. The number of hydrogen-bond donors (Lipinski definition) is 2. The Balaban J connectivity index is 0.676. The van der Waals surface area contributed by atoms with Crippen molar-refractivity contribution in [2.24, 2.45) is 11.3 Å². The van der Waals surface area contributed by atoms with Crippen LogP contribution in [0.5, 0.6) is 0 Å². The molecular weight excluding hydrogens is 1060 g/mol. The molecule has 2 N–H and O–H groups in total. The van der Waals surface area contributed by atoms with Gasteiger partial charge in [-0.2, -0.15) is 4.98 Å². The van der Waals surface area contributed by atoms with Gasteiger partial charge in [-0.05, 0) is 145 Å². The van der Waals surface area contributed by atoms with Gasteiger partial charge >= 0.3 is 0 Å². The Morgan fingerprint density at radius 2 is 1.68 bits per heavy atom. The summed E-state index contributed by atoms with van der Waals surface area (Å²) in [5.74, 6) is 1.79. The second-order valence-corrected chi connectivity index (χ2v) is 26.3. The number of nitrogens with one attached hydrogen (secondary N) is 1. The molecule has 3 saturated heterocycles. The highest BCUT2D eigenvalue weighted by molar-refractivity contribution is 9.10. The fourth-order valence-corrected chi connectivity index (χ4v) is 15.7. The molecule has 2 amide bonds. The van der Waals surface area contributed by atoms with E-state index in [0.29, 0.717) is 37.0 Å². The molecule has 3 aromatic carbocycles. The number of aliphatic hydroxyl groups excluding tert-OH is 1. The maximum atomic E-state index is 14.9. The van der Waals surface area contributed by atoms with Crippen molar-refractivity contribution in [1.29, 1.82) is 0 Å². The van der Waals surface area contributed by atoms with Crippen LogP contribution in [0.15, 0.2) is 81.6 Å². The predicted molar refractivity (Wildman–Crippen MR) is 307 cm³/mol. The van der Waals surface area contributed by atoms with Gasteiger partial charge in [0.15, 0.2) is 0 Å². The number of carbonyl (C=O) groups is 2. The maximum Gasteiger partial charge on any atom is 0.281 e. The van der Waals surface area contributed by atoms with E-state index in [0.717, 1.165) is 140 Å². The fourth-order valence-electron chi connectivity index (χ4n) is 14.3. The van der Waals surface area contributed by atoms with E-state index in [1.54, 1.807) is 20.9 Å². The highest BCUT2D eigenvalue weighted by Gasteiger charge is 2.48. The van der Waals surface area contributed by atoms with Crippen molar-refractivity contribution in [3.8, 4) is 16.1 Å². The molecule has 4 atom stereocenters. The van der Waals surface area contributed by atoms with Gasteiger partial charge < -0.3 is 25.0 Å². The number of aryl methyl sites for hydroxylation is 1. The number of carbonyl (C=O) groups excluding carboxylic acids is 2. The first kappa shape index (κ1) is 53.5. The molecule has 12 rings (SSSR count). The molecule has 2 saturated carbocycles. The fraction of sp³-hybridized carbons (Fsp3) is 0.557. The van der Waals surface area contributed by atoms with E-state index in [2.05, 4.69) is 94.3 Å². The molecule has 6 aromatic rings. The van der Waals surface area contributed by atoms with Gasteiger partial charge in [0.05, 0.1) is 69.1 Å². The summed E-state index contributed by atoms with van der Waals surface area (Å²) >= 11 is 5.29. The van der Waals surface area contributed by atoms with Crippen molar-refractivity contribution in [2.75, 3.05) is 59.0 Å². The van der Waals surface area contributed by atoms with Crippen molar-refractivity contribution in [2.45, 2.75) is 146 Å². The number of hydrogen-bond acceptors (Lipinski definition) is 12. The summed E-state index contributed by atoms with van der Waals surface area (Å²) < 4.78 is 10.5. The number of ether oxygens (including phenoxy) is 1. The molecule has 15 nitrogen and oxygen atoms in total. The van der Waals surface area contributed by atoms with E-state index in [1.807, 2.05) is 51.5 Å². The lowest BCUT2D eigenvalue weighted by Gasteiger charge is -2.37. The second-order valence-electron chi connectivity index (χ2n) is 24.6. The first-order chi connectivity index (χ1) is 37.7. The molecule has 78 heavy (non-hydrogen) atoms. The first-order valence-corrected chi connectivity index (χ1v) is 30.5. The Labute approximate surface area is 470 Å². The molecule has 4 aliphatic heterocycles. The van der Waals surface area contributed by atoms with Crippen LogP contribution in [-0.2, 0) is 19.7 Å². The molecule has 3 aromatic heterocycles. The van der Waals surface area contributed by atoms with Gasteiger partial charge in [0, 0.05) is 55.7 Å². The molecule has 0 unspecified atom stereocenters. The van der Waals surface area contributed by atoms with Gasteiger partial charge in [-0.15, -0.1) is 16.4 Å². The molecule has 6 aliphatic rings. The summed E-state index contributed by atoms with van der Waals surface area (Å²) in [6.07, 6.45) is 13.4. The summed E-state index contributed by atoms with van der Waals surface area (Å²) in [6, 6.07) is 19.7. The Hall–Kier alpha value is -5.17. The number of rotatable bonds is 12. The summed E-state index contributed by atoms with van der Waals surface area (Å²) in [6.45, 7) is 14.8. The van der Waals surface area contributed by atoms with Crippen LogP contribution in [0, 0.1) is 18.3 Å². The SMILES string of the molecule is Cc1ncsc1-c1ccc([C@H](CN2CCOCC2)NC(=O)[C@@H]2C[C@@H](O)CN2C(=O)[C@@H](n2cc(C3CCC(CN4CCC(c5ccc6c(c5)-n5c(nc(=O)c7c(Br)cccc75)C65CCCCC5)CC4)CC3)nn2)C(C)(C)C)cc1. The summed E-state index contributed by atoms with van der Waals surface area (Å²) in [5.41, 5.74) is 9.81. The van der Waals surface area contributed by atoms with Crippen LogP contribution >= 0.6 is 27.3 Å². The smallest absolute Gasteiger partial charge is 0.281 e. The van der Waals surface area contributed by atoms with E-state index in [1.165, 1.54) is 23.2 Å². The quantitative estimate of drug-likeness (QED) is 0.120. The number of likely N-dealkylation sites (tertiary alicyclic amines) is 2. The average Bonchev–Trinajstić information content (AvgIpc) is 4.23. The minimum Gasteiger partial charge on any atom is -0.391 e. The topological polar surface area (TPSA) is 164 Å². The van der Waals surface area contributed by atoms with Crippen molar-refractivity contribution in [1.82, 2.24) is 49.5 Å². The highest BCUT2D eigenvalue weighted by Crippen LogP contribution is 2.52. The van der Waals surface area contributed by atoms with Gasteiger partial charge in [0.2, 0.25) is 11.8 Å². The van der Waals surface area contributed by atoms with E-state index >= 15 is 0 Å². The lowest BCUT2D eigenvalue weighted by atomic mass is 9.69. The van der Waals surface area contributed by atoms with Crippen LogP contribution in [0.2, 0.25) is 0 Å². The van der Waals surface area contributed by atoms with Gasteiger partial charge in [-0.25, -0.2) is 9.67 Å². The summed E-state index contributed by atoms with van der Waals surface area (Å²) in [7, 11) is 0. The van der Waals surface area contributed by atoms with Gasteiger partial charge in [-0.3, -0.25) is 23.9 Å². The van der Waals surface area contributed by atoms with Gasteiger partial charge in [0.25, 0.3) is 5.56 Å². The standard InChI is InChI=1S/C61H75BrN10O5S/c1-38-54(78-37-63-38)43-17-15-41(16-18-43)48(35-69-27-29-77-30-28-69)64-56(74)52-32-45(73)34-70(52)58(76)55(60(2,3)4)71-36-49(66-67-71)42-13-11-39(12-14-42)33-68-25-21-40(22-26-68)44-19-20-46-51(31-44)72-50-10-8-9-47(62)53(50)57(75)65-59(72)61(46)23-6-5-7-24-61/h8-10,15-20,31,36-37,39-40,42,45,48,52,55,73H,5-7,11-14,21-30,32-35H2,1-4H3,(H,64,74)/t39?,42?,45-,48+,52+,55-/m1/s1. The molecule has 17 heteroatoms. The second kappa shape index (κ2) is 22.1. The average molecular weight is 1140 g/mol. The molecule has 2 aliphatic carbocycles. The monoisotopic (exact) mass is 1140 g/mol. The lowest BCUT2D eigenvalue weighted by Crippen LogP contribution is -2.52. The van der Waals surface area contributed by atoms with E-state index in [-0.39, 0.29) is 47.7 Å². The van der Waals surface area contributed by atoms with Crippen molar-refractivity contribution < 1.29 is 19.4 Å². The largest absolute Gasteiger partial charge is 0.391 e. The molecule has 5 fully saturated rings. The molecular formula is C61H75BrN10O5S. The van der Waals surface area contributed by atoms with Crippen LogP contribution in [0.1, 0.15) is 156 Å². The summed E-state index contributed by atoms with van der Waals surface area (Å²) in [5, 5.41) is 24.5. The zero-order chi connectivity index (χ0) is 53.9. The Kier molecular flexibility index (Phi) is 15.1. The number of benzene rings is 3. The number of aliphatic hydroxyl groups is 1. The van der Waals surface area contributed by atoms with Crippen LogP contribution < -0.4 is 10.9 Å². The highest BCUT2D eigenvalue weighted by atomic mass is 79.9. The molecule has 0 radical (unpaired) electrons. The van der Waals surface area contributed by atoms with Gasteiger partial charge in [0.1, 0.15) is 17.9 Å². The van der Waals surface area contributed by atoms with Crippen LogP contribution in [-0.4, -0.2) is 132 Å². The number of morpholine rings is 1. The molecule has 1 spiro atoms. The van der Waals surface area contributed by atoms with Crippen LogP contribution in [0.3, 0.4) is 0 Å². The predicted octanol–water partition coefficient (Wildman–Crippen LogP) is 9.63.